The highest BCUT2D eigenvalue weighted by Gasteiger charge is 2.28. The molecule has 0 aliphatic carbocycles. The monoisotopic (exact) mass is 311 g/mol. The van der Waals surface area contributed by atoms with E-state index < -0.39 is 6.04 Å². The first kappa shape index (κ1) is 17.5. The van der Waals surface area contributed by atoms with E-state index >= 15 is 0 Å². The minimum atomic E-state index is -0.696. The van der Waals surface area contributed by atoms with E-state index in [0.717, 1.165) is 0 Å². The van der Waals surface area contributed by atoms with Crippen molar-refractivity contribution < 1.29 is 9.59 Å². The second-order valence-corrected chi connectivity index (χ2v) is 6.66. The molecule has 0 unspecified atom stereocenters. The first-order valence-corrected chi connectivity index (χ1v) is 6.99. The minimum absolute atomic E-state index is 0.216. The Morgan fingerprint density at radius 1 is 1.29 bits per heavy atom. The lowest BCUT2D eigenvalue weighted by Gasteiger charge is -2.26. The second kappa shape index (κ2) is 6.45. The first-order chi connectivity index (χ1) is 9.54. The van der Waals surface area contributed by atoms with Gasteiger partial charge in [0.05, 0.1) is 17.3 Å². The number of halogens is 1. The lowest BCUT2D eigenvalue weighted by Crippen LogP contribution is -2.45. The van der Waals surface area contributed by atoms with E-state index in [0.29, 0.717) is 16.3 Å². The Kier molecular flexibility index (Phi) is 5.36. The lowest BCUT2D eigenvalue weighted by molar-refractivity contribution is -0.119. The van der Waals surface area contributed by atoms with Crippen LogP contribution in [-0.2, 0) is 4.79 Å². The molecule has 1 aromatic carbocycles. The van der Waals surface area contributed by atoms with Gasteiger partial charge in [0, 0.05) is 19.1 Å². The van der Waals surface area contributed by atoms with Crippen LogP contribution in [0.25, 0.3) is 0 Å². The number of benzene rings is 1. The Morgan fingerprint density at radius 2 is 1.86 bits per heavy atom. The molecule has 1 aromatic rings. The van der Waals surface area contributed by atoms with Crippen molar-refractivity contribution in [2.45, 2.75) is 26.8 Å². The Balaban J connectivity index is 3.10. The number of nitrogens with two attached hydrogens (primary N) is 1. The summed E-state index contributed by atoms with van der Waals surface area (Å²) in [5.74, 6) is -0.566. The van der Waals surface area contributed by atoms with E-state index in [1.165, 1.54) is 4.90 Å². The maximum Gasteiger partial charge on any atom is 0.255 e. The fourth-order valence-electron chi connectivity index (χ4n) is 1.65. The number of nitrogens with one attached hydrogen (secondary N) is 1. The van der Waals surface area contributed by atoms with Gasteiger partial charge in [-0.1, -0.05) is 32.4 Å². The molecule has 0 aliphatic heterocycles. The summed E-state index contributed by atoms with van der Waals surface area (Å²) in [5.41, 5.74) is 6.29. The fourth-order valence-corrected chi connectivity index (χ4v) is 1.82. The van der Waals surface area contributed by atoms with Gasteiger partial charge in [0.25, 0.3) is 5.91 Å². The largest absolute Gasteiger partial charge is 0.345 e. The Hall–Kier alpha value is -1.59. The van der Waals surface area contributed by atoms with E-state index in [2.05, 4.69) is 5.32 Å². The number of nitrogens with zero attached hydrogens (tertiary/aromatic N) is 1. The third-order valence-corrected chi connectivity index (χ3v) is 3.33. The summed E-state index contributed by atoms with van der Waals surface area (Å²) in [7, 11) is 3.28. The molecule has 1 atom stereocenters. The van der Waals surface area contributed by atoms with Crippen LogP contribution in [-0.4, -0.2) is 36.9 Å². The third kappa shape index (κ3) is 4.44. The molecule has 0 radical (unpaired) electrons. The van der Waals surface area contributed by atoms with Gasteiger partial charge >= 0.3 is 0 Å². The summed E-state index contributed by atoms with van der Waals surface area (Å²) in [6, 6.07) is 4.05. The van der Waals surface area contributed by atoms with E-state index in [4.69, 9.17) is 17.3 Å². The maximum atomic E-state index is 12.2. The Labute approximate surface area is 130 Å². The molecular formula is C15H22ClN3O2. The number of carbonyl (C=O) groups excluding carboxylic acids is 2. The zero-order valence-electron chi connectivity index (χ0n) is 13.0. The van der Waals surface area contributed by atoms with Crippen molar-refractivity contribution in [2.75, 3.05) is 19.4 Å². The van der Waals surface area contributed by atoms with Crippen molar-refractivity contribution in [1.82, 2.24) is 4.90 Å². The second-order valence-electron chi connectivity index (χ2n) is 6.22. The number of anilines is 1. The smallest absolute Gasteiger partial charge is 0.255 e. The molecule has 21 heavy (non-hydrogen) atoms. The van der Waals surface area contributed by atoms with Crippen LogP contribution in [0.2, 0.25) is 5.02 Å². The number of hydrogen-bond donors (Lipinski definition) is 2. The predicted octanol–water partition coefficient (Wildman–Crippen LogP) is 2.35. The van der Waals surface area contributed by atoms with Crippen molar-refractivity contribution in [3.8, 4) is 0 Å². The van der Waals surface area contributed by atoms with Crippen molar-refractivity contribution in [3.63, 3.8) is 0 Å². The van der Waals surface area contributed by atoms with E-state index in [-0.39, 0.29) is 17.2 Å². The molecule has 0 fully saturated rings. The standard InChI is InChI=1S/C15H22ClN3O2/c1-15(2,3)12(17)13(20)18-11-8-9(16)6-7-10(11)14(21)19(4)5/h6-8,12H,17H2,1-5H3,(H,18,20)/t12-/m1/s1. The van der Waals surface area contributed by atoms with Crippen LogP contribution < -0.4 is 11.1 Å². The highest BCUT2D eigenvalue weighted by atomic mass is 35.5. The van der Waals surface area contributed by atoms with Crippen LogP contribution >= 0.6 is 11.6 Å². The summed E-state index contributed by atoms with van der Waals surface area (Å²) >= 11 is 5.95. The average molecular weight is 312 g/mol. The molecule has 0 saturated heterocycles. The normalized spacial score (nSPS) is 12.7. The SMILES string of the molecule is CN(C)C(=O)c1ccc(Cl)cc1NC(=O)[C@@H](N)C(C)(C)C. The van der Waals surface area contributed by atoms with Gasteiger partial charge in [-0.2, -0.15) is 0 Å². The van der Waals surface area contributed by atoms with Crippen LogP contribution in [0.15, 0.2) is 18.2 Å². The predicted molar refractivity (Wildman–Crippen MR) is 85.5 cm³/mol. The molecular weight excluding hydrogens is 290 g/mol. The molecule has 0 saturated carbocycles. The van der Waals surface area contributed by atoms with E-state index in [1.807, 2.05) is 20.8 Å². The maximum absolute atomic E-state index is 12.2. The molecule has 6 heteroatoms. The quantitative estimate of drug-likeness (QED) is 0.899. The summed E-state index contributed by atoms with van der Waals surface area (Å²) < 4.78 is 0. The molecule has 5 nitrogen and oxygen atoms in total. The average Bonchev–Trinajstić information content (AvgIpc) is 2.36. The van der Waals surface area contributed by atoms with Crippen molar-refractivity contribution in [2.24, 2.45) is 11.1 Å². The van der Waals surface area contributed by atoms with Gasteiger partial charge in [-0.25, -0.2) is 0 Å². The minimum Gasteiger partial charge on any atom is -0.345 e. The van der Waals surface area contributed by atoms with Crippen LogP contribution in [0.1, 0.15) is 31.1 Å². The van der Waals surface area contributed by atoms with Crippen LogP contribution in [0.5, 0.6) is 0 Å². The van der Waals surface area contributed by atoms with Crippen molar-refractivity contribution in [3.05, 3.63) is 28.8 Å². The molecule has 3 N–H and O–H groups in total. The van der Waals surface area contributed by atoms with Crippen LogP contribution in [0.4, 0.5) is 5.69 Å². The zero-order valence-corrected chi connectivity index (χ0v) is 13.8. The number of amides is 2. The van der Waals surface area contributed by atoms with Crippen LogP contribution in [0, 0.1) is 5.41 Å². The van der Waals surface area contributed by atoms with Crippen LogP contribution in [0.3, 0.4) is 0 Å². The molecule has 116 valence electrons. The molecule has 0 spiro atoms. The van der Waals surface area contributed by atoms with Gasteiger partial charge in [0.15, 0.2) is 0 Å². The third-order valence-electron chi connectivity index (χ3n) is 3.09. The highest BCUT2D eigenvalue weighted by molar-refractivity contribution is 6.31. The summed E-state index contributed by atoms with van der Waals surface area (Å²) in [6.07, 6.45) is 0. The van der Waals surface area contributed by atoms with Gasteiger partial charge < -0.3 is 16.0 Å². The van der Waals surface area contributed by atoms with Gasteiger partial charge in [0.1, 0.15) is 0 Å². The molecule has 2 amide bonds. The number of hydrogen-bond acceptors (Lipinski definition) is 3. The Bertz CT molecular complexity index is 550. The van der Waals surface area contributed by atoms with Gasteiger partial charge in [-0.05, 0) is 23.6 Å². The number of carbonyl (C=O) groups is 2. The van der Waals surface area contributed by atoms with E-state index in [1.54, 1.807) is 32.3 Å². The van der Waals surface area contributed by atoms with Gasteiger partial charge in [-0.15, -0.1) is 0 Å². The first-order valence-electron chi connectivity index (χ1n) is 6.61. The number of rotatable bonds is 3. The summed E-state index contributed by atoms with van der Waals surface area (Å²) in [6.45, 7) is 5.63. The molecule has 1 rings (SSSR count). The molecule has 0 aromatic heterocycles. The highest BCUT2D eigenvalue weighted by Crippen LogP contribution is 2.24. The van der Waals surface area contributed by atoms with Crippen molar-refractivity contribution in [1.29, 1.82) is 0 Å². The zero-order chi connectivity index (χ0) is 16.4. The topological polar surface area (TPSA) is 75.4 Å². The molecule has 0 bridgehead atoms. The fraction of sp³-hybridized carbons (Fsp3) is 0.467. The van der Waals surface area contributed by atoms with Gasteiger partial charge in [-0.3, -0.25) is 9.59 Å². The molecule has 0 heterocycles. The van der Waals surface area contributed by atoms with Gasteiger partial charge in [0.2, 0.25) is 5.91 Å². The summed E-state index contributed by atoms with van der Waals surface area (Å²) in [5, 5.41) is 3.13. The lowest BCUT2D eigenvalue weighted by atomic mass is 9.87. The Morgan fingerprint density at radius 3 is 2.33 bits per heavy atom. The van der Waals surface area contributed by atoms with E-state index in [9.17, 15) is 9.59 Å². The molecule has 0 aliphatic rings. The summed E-state index contributed by atoms with van der Waals surface area (Å²) in [4.78, 5) is 25.8. The van der Waals surface area contributed by atoms with Crippen molar-refractivity contribution >= 4 is 29.1 Å².